The predicted molar refractivity (Wildman–Crippen MR) is 127 cm³/mol. The largest absolute Gasteiger partial charge is 0.490 e. The monoisotopic (exact) mass is 508 g/mol. The Labute approximate surface area is 202 Å². The summed E-state index contributed by atoms with van der Waals surface area (Å²) in [5.41, 5.74) is 0.0136. The Morgan fingerprint density at radius 2 is 1.74 bits per heavy atom. The molecule has 0 aliphatic heterocycles. The van der Waals surface area contributed by atoms with Crippen LogP contribution < -0.4 is 19.8 Å². The summed E-state index contributed by atoms with van der Waals surface area (Å²) in [4.78, 5) is 12.3. The maximum Gasteiger partial charge on any atom is 0.254 e. The van der Waals surface area contributed by atoms with Crippen molar-refractivity contribution in [3.05, 3.63) is 76.2 Å². The van der Waals surface area contributed by atoms with Crippen LogP contribution in [0.1, 0.15) is 19.4 Å². The normalized spacial score (nSPS) is 11.6. The lowest BCUT2D eigenvalue weighted by molar-refractivity contribution is 0.0286. The molecular weight excluding hydrogens is 482 g/mol. The number of nitrogens with zero attached hydrogens (tertiary/aromatic N) is 1. The first-order chi connectivity index (χ1) is 16.4. The highest BCUT2D eigenvalue weighted by atomic mass is 32.2. The summed E-state index contributed by atoms with van der Waals surface area (Å²) >= 11 is 0. The molecule has 0 bridgehead atoms. The van der Waals surface area contributed by atoms with Gasteiger partial charge in [-0.1, -0.05) is 6.07 Å². The molecule has 0 aliphatic carbocycles. The van der Waals surface area contributed by atoms with Crippen molar-refractivity contribution in [1.29, 1.82) is 0 Å². The molecule has 0 fully saturated rings. The van der Waals surface area contributed by atoms with Gasteiger partial charge in [0.1, 0.15) is 23.9 Å². The summed E-state index contributed by atoms with van der Waals surface area (Å²) in [6.07, 6.45) is 1.86. The van der Waals surface area contributed by atoms with E-state index in [9.17, 15) is 27.1 Å². The van der Waals surface area contributed by atoms with Gasteiger partial charge in [0.15, 0.2) is 11.6 Å². The van der Waals surface area contributed by atoms with Gasteiger partial charge in [-0.05, 0) is 50.1 Å². The summed E-state index contributed by atoms with van der Waals surface area (Å²) < 4.78 is 64.5. The highest BCUT2D eigenvalue weighted by Crippen LogP contribution is 2.39. The number of nitrogens with one attached hydrogen (secondary N) is 1. The van der Waals surface area contributed by atoms with E-state index in [-0.39, 0.29) is 36.0 Å². The smallest absolute Gasteiger partial charge is 0.254 e. The molecule has 11 heteroatoms. The van der Waals surface area contributed by atoms with Crippen molar-refractivity contribution in [2.24, 2.45) is 7.05 Å². The summed E-state index contributed by atoms with van der Waals surface area (Å²) in [5, 5.41) is 10.1. The molecule has 0 radical (unpaired) electrons. The molecule has 3 aromatic rings. The van der Waals surface area contributed by atoms with Crippen molar-refractivity contribution in [2.75, 3.05) is 13.2 Å². The first-order valence-corrected chi connectivity index (χ1v) is 11.8. The van der Waals surface area contributed by atoms with E-state index in [1.54, 1.807) is 39.1 Å². The van der Waals surface area contributed by atoms with Crippen molar-refractivity contribution < 1.29 is 31.8 Å². The van der Waals surface area contributed by atoms with Crippen molar-refractivity contribution in [3.8, 4) is 28.4 Å². The van der Waals surface area contributed by atoms with Gasteiger partial charge in [0.05, 0.1) is 5.60 Å². The predicted octanol–water partition coefficient (Wildman–Crippen LogP) is 2.93. The topological polar surface area (TPSA) is 107 Å². The van der Waals surface area contributed by atoms with Gasteiger partial charge >= 0.3 is 0 Å². The van der Waals surface area contributed by atoms with Crippen molar-refractivity contribution in [1.82, 2.24) is 9.29 Å². The second kappa shape index (κ2) is 11.0. The highest BCUT2D eigenvalue weighted by Gasteiger charge is 2.20. The third-order valence-corrected chi connectivity index (χ3v) is 5.36. The number of rotatable bonds is 10. The zero-order valence-corrected chi connectivity index (χ0v) is 20.3. The van der Waals surface area contributed by atoms with Crippen LogP contribution >= 0.6 is 0 Å². The van der Waals surface area contributed by atoms with Crippen LogP contribution in [-0.4, -0.2) is 36.8 Å². The fourth-order valence-electron chi connectivity index (χ4n) is 3.19. The molecule has 0 saturated carbocycles. The fraction of sp³-hybridized carbons (Fsp3) is 0.292. The van der Waals surface area contributed by atoms with Gasteiger partial charge in [0, 0.05) is 43.0 Å². The Balaban J connectivity index is 2.12. The summed E-state index contributed by atoms with van der Waals surface area (Å²) in [7, 11) is -1.21. The quantitative estimate of drug-likeness (QED) is 0.364. The van der Waals surface area contributed by atoms with E-state index >= 15 is 0 Å². The number of aromatic nitrogens is 1. The molecule has 0 amide bonds. The molecule has 35 heavy (non-hydrogen) atoms. The minimum atomic E-state index is -2.75. The van der Waals surface area contributed by atoms with E-state index in [0.29, 0.717) is 23.6 Å². The van der Waals surface area contributed by atoms with Crippen LogP contribution in [0.15, 0.2) is 53.5 Å². The molecule has 2 aromatic carbocycles. The van der Waals surface area contributed by atoms with Crippen LogP contribution in [0.25, 0.3) is 11.1 Å². The number of aryl methyl sites for hydroxylation is 1. The third kappa shape index (κ3) is 7.35. The number of ether oxygens (including phenoxy) is 2. The lowest BCUT2D eigenvalue weighted by Gasteiger charge is -2.21. The minimum absolute atomic E-state index is 0.115. The van der Waals surface area contributed by atoms with E-state index < -0.39 is 28.1 Å². The molecule has 0 aliphatic rings. The molecule has 2 N–H and O–H groups in total. The molecule has 1 heterocycles. The van der Waals surface area contributed by atoms with Gasteiger partial charge in [0.25, 0.3) is 5.56 Å². The SMILES string of the molecule is Cn1cc(-c2cc(CCN[SH](=O)=O)ccc2Oc2ccc(F)cc2F)c(OCC(C)(C)O)cc1=O. The first kappa shape index (κ1) is 26.3. The van der Waals surface area contributed by atoms with E-state index in [1.807, 2.05) is 0 Å². The van der Waals surface area contributed by atoms with Crippen LogP contribution in [0, 0.1) is 11.6 Å². The number of pyridine rings is 1. The van der Waals surface area contributed by atoms with E-state index in [2.05, 4.69) is 4.72 Å². The molecular formula is C24H26F2N2O6S. The molecule has 0 atom stereocenters. The number of thiol groups is 1. The molecule has 1 aromatic heterocycles. The fourth-order valence-corrected chi connectivity index (χ4v) is 3.48. The second-order valence-electron chi connectivity index (χ2n) is 8.52. The Kier molecular flexibility index (Phi) is 8.26. The average molecular weight is 509 g/mol. The van der Waals surface area contributed by atoms with Gasteiger partial charge in [-0.2, -0.15) is 0 Å². The zero-order valence-electron chi connectivity index (χ0n) is 19.4. The highest BCUT2D eigenvalue weighted by molar-refractivity contribution is 7.70. The molecule has 3 rings (SSSR count). The van der Waals surface area contributed by atoms with Crippen molar-refractivity contribution >= 4 is 10.9 Å². The second-order valence-corrected chi connectivity index (χ2v) is 9.35. The molecule has 0 saturated heterocycles. The maximum atomic E-state index is 14.3. The third-order valence-electron chi connectivity index (χ3n) is 4.87. The van der Waals surface area contributed by atoms with Crippen LogP contribution in [0.5, 0.6) is 17.2 Å². The molecule has 8 nitrogen and oxygen atoms in total. The Hall–Kier alpha value is -3.28. The number of hydrogen-bond acceptors (Lipinski definition) is 6. The Morgan fingerprint density at radius 3 is 2.40 bits per heavy atom. The average Bonchev–Trinajstić information content (AvgIpc) is 2.76. The maximum absolute atomic E-state index is 14.3. The van der Waals surface area contributed by atoms with Crippen LogP contribution in [0.2, 0.25) is 0 Å². The van der Waals surface area contributed by atoms with Gasteiger partial charge in [-0.15, -0.1) is 0 Å². The first-order valence-electron chi connectivity index (χ1n) is 10.6. The zero-order chi connectivity index (χ0) is 25.8. The van der Waals surface area contributed by atoms with Crippen LogP contribution in [0.4, 0.5) is 8.78 Å². The van der Waals surface area contributed by atoms with Gasteiger partial charge in [-0.25, -0.2) is 21.9 Å². The number of hydrogen-bond donors (Lipinski definition) is 3. The molecule has 0 spiro atoms. The molecule has 0 unspecified atom stereocenters. The lowest BCUT2D eigenvalue weighted by Crippen LogP contribution is -2.28. The number of aliphatic hydroxyl groups is 1. The van der Waals surface area contributed by atoms with Gasteiger partial charge in [-0.3, -0.25) is 4.79 Å². The van der Waals surface area contributed by atoms with Gasteiger partial charge in [0.2, 0.25) is 10.9 Å². The van der Waals surface area contributed by atoms with Gasteiger partial charge < -0.3 is 19.1 Å². The van der Waals surface area contributed by atoms with E-state index in [0.717, 1.165) is 17.7 Å². The summed E-state index contributed by atoms with van der Waals surface area (Å²) in [6.45, 7) is 3.14. The summed E-state index contributed by atoms with van der Waals surface area (Å²) in [5.74, 6) is -1.52. The van der Waals surface area contributed by atoms with Crippen molar-refractivity contribution in [2.45, 2.75) is 25.9 Å². The van der Waals surface area contributed by atoms with E-state index in [1.165, 1.54) is 16.8 Å². The number of benzene rings is 2. The van der Waals surface area contributed by atoms with Crippen molar-refractivity contribution in [3.63, 3.8) is 0 Å². The molecule has 188 valence electrons. The van der Waals surface area contributed by atoms with Crippen LogP contribution in [0.3, 0.4) is 0 Å². The Bertz CT molecular complexity index is 1340. The van der Waals surface area contributed by atoms with E-state index in [4.69, 9.17) is 9.47 Å². The number of halogens is 2. The Morgan fingerprint density at radius 1 is 1.03 bits per heavy atom. The van der Waals surface area contributed by atoms with Crippen LogP contribution in [-0.2, 0) is 24.4 Å². The standard InChI is InChI=1S/C24H26F2N2O6S/c1-24(2,30)14-33-22-12-23(29)28(3)13-18(22)17-10-15(8-9-27-35(31)32)4-6-20(17)34-21-7-5-16(25)11-19(21)26/h4-7,10-13,30,35H,8-9,14H2,1-3H3,(H,27,31,32). The lowest BCUT2D eigenvalue weighted by atomic mass is 10.0. The summed E-state index contributed by atoms with van der Waals surface area (Å²) in [6, 6.07) is 9.13. The minimum Gasteiger partial charge on any atom is -0.490 e.